The third-order valence-corrected chi connectivity index (χ3v) is 6.11. The zero-order valence-corrected chi connectivity index (χ0v) is 19.7. The minimum Gasteiger partial charge on any atom is -0.497 e. The van der Waals surface area contributed by atoms with Gasteiger partial charge in [0.25, 0.3) is 0 Å². The molecule has 0 aliphatic carbocycles. The number of methoxy groups -OCH3 is 1. The highest BCUT2D eigenvalue weighted by Crippen LogP contribution is 2.22. The van der Waals surface area contributed by atoms with Crippen molar-refractivity contribution in [3.05, 3.63) is 53.6 Å². The smallest absolute Gasteiger partial charge is 0.232 e. The van der Waals surface area contributed by atoms with E-state index in [0.29, 0.717) is 24.5 Å². The molecule has 31 heavy (non-hydrogen) atoms. The summed E-state index contributed by atoms with van der Waals surface area (Å²) < 4.78 is 36.5. The van der Waals surface area contributed by atoms with Crippen LogP contribution in [0.5, 0.6) is 11.5 Å². The molecule has 0 aliphatic rings. The lowest BCUT2D eigenvalue weighted by Gasteiger charge is -2.22. The van der Waals surface area contributed by atoms with Crippen LogP contribution in [0.2, 0.25) is 0 Å². The van der Waals surface area contributed by atoms with Gasteiger partial charge in [0.2, 0.25) is 15.9 Å². The van der Waals surface area contributed by atoms with E-state index in [-0.39, 0.29) is 24.9 Å². The van der Waals surface area contributed by atoms with E-state index in [4.69, 9.17) is 9.47 Å². The summed E-state index contributed by atoms with van der Waals surface area (Å²) >= 11 is 0. The minimum absolute atomic E-state index is 0.139. The van der Waals surface area contributed by atoms with Gasteiger partial charge in [0.05, 0.1) is 25.1 Å². The first-order valence-corrected chi connectivity index (χ1v) is 12.1. The van der Waals surface area contributed by atoms with Crippen LogP contribution < -0.4 is 19.1 Å². The maximum atomic E-state index is 12.3. The number of carbonyl (C=O) groups excluding carboxylic acids is 1. The van der Waals surface area contributed by atoms with Crippen LogP contribution in [0.25, 0.3) is 0 Å². The zero-order chi connectivity index (χ0) is 23.0. The summed E-state index contributed by atoms with van der Waals surface area (Å²) in [5, 5.41) is 2.90. The van der Waals surface area contributed by atoms with Crippen molar-refractivity contribution < 1.29 is 22.7 Å². The van der Waals surface area contributed by atoms with E-state index >= 15 is 0 Å². The van der Waals surface area contributed by atoms with Crippen molar-refractivity contribution in [2.45, 2.75) is 39.7 Å². The number of aryl methyl sites for hydroxylation is 2. The van der Waals surface area contributed by atoms with E-state index in [0.717, 1.165) is 17.6 Å². The van der Waals surface area contributed by atoms with Crippen molar-refractivity contribution in [2.75, 3.05) is 30.8 Å². The number of anilines is 1. The fourth-order valence-electron chi connectivity index (χ4n) is 3.03. The number of hydrogen-bond acceptors (Lipinski definition) is 5. The van der Waals surface area contributed by atoms with Gasteiger partial charge >= 0.3 is 0 Å². The van der Waals surface area contributed by atoms with Crippen LogP contribution in [0.1, 0.15) is 30.9 Å². The molecule has 1 atom stereocenters. The Hall–Kier alpha value is -2.74. The molecular formula is C23H32N2O5S. The zero-order valence-electron chi connectivity index (χ0n) is 18.8. The number of amides is 1. The number of benzene rings is 2. The minimum atomic E-state index is -3.46. The van der Waals surface area contributed by atoms with Crippen molar-refractivity contribution in [3.8, 4) is 11.5 Å². The molecule has 0 saturated carbocycles. The lowest BCUT2D eigenvalue weighted by atomic mass is 10.1. The number of hydrogen-bond donors (Lipinski definition) is 1. The summed E-state index contributed by atoms with van der Waals surface area (Å²) in [7, 11) is -1.91. The summed E-state index contributed by atoms with van der Waals surface area (Å²) in [4.78, 5) is 12.3. The van der Waals surface area contributed by atoms with Gasteiger partial charge in [-0.2, -0.15) is 0 Å². The maximum Gasteiger partial charge on any atom is 0.232 e. The third-order valence-electron chi connectivity index (χ3n) is 4.91. The molecule has 1 N–H and O–H groups in total. The molecule has 0 aromatic heterocycles. The van der Waals surface area contributed by atoms with Gasteiger partial charge in [-0.3, -0.25) is 9.10 Å². The van der Waals surface area contributed by atoms with Crippen LogP contribution in [-0.4, -0.2) is 46.9 Å². The number of carbonyl (C=O) groups is 1. The van der Waals surface area contributed by atoms with Gasteiger partial charge in [-0.1, -0.05) is 6.07 Å². The predicted molar refractivity (Wildman–Crippen MR) is 123 cm³/mol. The number of ether oxygens (including phenoxy) is 2. The highest BCUT2D eigenvalue weighted by atomic mass is 32.2. The number of nitrogens with one attached hydrogen (secondary N) is 1. The molecule has 2 rings (SSSR count). The molecule has 0 aliphatic heterocycles. The second-order valence-corrected chi connectivity index (χ2v) is 9.57. The molecule has 1 amide bonds. The van der Waals surface area contributed by atoms with E-state index in [1.54, 1.807) is 31.4 Å². The van der Waals surface area contributed by atoms with E-state index in [1.165, 1.54) is 9.87 Å². The second kappa shape index (κ2) is 11.0. The first kappa shape index (κ1) is 24.5. The van der Waals surface area contributed by atoms with Gasteiger partial charge in [0.15, 0.2) is 0 Å². The Morgan fingerprint density at radius 3 is 2.29 bits per heavy atom. The normalized spacial score (nSPS) is 12.2. The van der Waals surface area contributed by atoms with E-state index in [2.05, 4.69) is 5.32 Å². The molecule has 2 aromatic carbocycles. The average molecular weight is 449 g/mol. The summed E-state index contributed by atoms with van der Waals surface area (Å²) in [6.07, 6.45) is 1.77. The average Bonchev–Trinajstić information content (AvgIpc) is 2.71. The first-order chi connectivity index (χ1) is 14.6. The Balaban J connectivity index is 1.82. The lowest BCUT2D eigenvalue weighted by Crippen LogP contribution is -2.37. The van der Waals surface area contributed by atoms with Gasteiger partial charge in [0, 0.05) is 13.0 Å². The maximum absolute atomic E-state index is 12.3. The fraction of sp³-hybridized carbons (Fsp3) is 0.435. The molecule has 0 unspecified atom stereocenters. The molecular weight excluding hydrogens is 416 g/mol. The van der Waals surface area contributed by atoms with E-state index in [1.807, 2.05) is 39.0 Å². The lowest BCUT2D eigenvalue weighted by molar-refractivity contribution is -0.121. The first-order valence-electron chi connectivity index (χ1n) is 10.2. The predicted octanol–water partition coefficient (Wildman–Crippen LogP) is 3.44. The standard InChI is InChI=1S/C23H32N2O5S/c1-17-8-11-22(15-18(17)2)30-16-19(3)24-23(26)7-6-14-25(31(5,27)28)20-9-12-21(29-4)13-10-20/h8-13,15,19H,6-7,14,16H2,1-5H3,(H,24,26)/t19-/m0/s1. The van der Waals surface area contributed by atoms with Crippen LogP contribution in [0.4, 0.5) is 5.69 Å². The highest BCUT2D eigenvalue weighted by Gasteiger charge is 2.18. The van der Waals surface area contributed by atoms with Crippen molar-refractivity contribution in [2.24, 2.45) is 0 Å². The van der Waals surface area contributed by atoms with Gasteiger partial charge in [0.1, 0.15) is 18.1 Å². The quantitative estimate of drug-likeness (QED) is 0.569. The van der Waals surface area contributed by atoms with Crippen LogP contribution >= 0.6 is 0 Å². The van der Waals surface area contributed by atoms with Gasteiger partial charge in [-0.15, -0.1) is 0 Å². The van der Waals surface area contributed by atoms with Crippen LogP contribution in [0.15, 0.2) is 42.5 Å². The van der Waals surface area contributed by atoms with Crippen molar-refractivity contribution in [3.63, 3.8) is 0 Å². The monoisotopic (exact) mass is 448 g/mol. The SMILES string of the molecule is COc1ccc(N(CCCC(=O)N[C@@H](C)COc2ccc(C)c(C)c2)S(C)(=O)=O)cc1. The Labute approximate surface area is 185 Å². The Bertz CT molecular complexity index is 974. The number of nitrogens with zero attached hydrogens (tertiary/aromatic N) is 1. The topological polar surface area (TPSA) is 84.9 Å². The second-order valence-electron chi connectivity index (χ2n) is 7.66. The molecule has 0 radical (unpaired) electrons. The Morgan fingerprint density at radius 1 is 1.06 bits per heavy atom. The molecule has 8 heteroatoms. The van der Waals surface area contributed by atoms with Gasteiger partial charge in [-0.05, 0) is 74.7 Å². The van der Waals surface area contributed by atoms with Crippen LogP contribution in [-0.2, 0) is 14.8 Å². The summed E-state index contributed by atoms with van der Waals surface area (Å²) in [5.41, 5.74) is 2.90. The molecule has 2 aromatic rings. The Kier molecular flexibility index (Phi) is 8.74. The van der Waals surface area contributed by atoms with Crippen LogP contribution in [0, 0.1) is 13.8 Å². The van der Waals surface area contributed by atoms with Crippen LogP contribution in [0.3, 0.4) is 0 Å². The van der Waals surface area contributed by atoms with Gasteiger partial charge < -0.3 is 14.8 Å². The molecule has 0 bridgehead atoms. The van der Waals surface area contributed by atoms with E-state index < -0.39 is 10.0 Å². The third kappa shape index (κ3) is 7.79. The molecule has 0 fully saturated rings. The highest BCUT2D eigenvalue weighted by molar-refractivity contribution is 7.92. The van der Waals surface area contributed by atoms with Gasteiger partial charge in [-0.25, -0.2) is 8.42 Å². The van der Waals surface area contributed by atoms with Crippen molar-refractivity contribution in [1.82, 2.24) is 5.32 Å². The summed E-state index contributed by atoms with van der Waals surface area (Å²) in [5.74, 6) is 1.28. The number of rotatable bonds is 11. The molecule has 170 valence electrons. The Morgan fingerprint density at radius 2 is 1.71 bits per heavy atom. The molecule has 0 spiro atoms. The summed E-state index contributed by atoms with van der Waals surface area (Å²) in [6, 6.07) is 12.5. The fourth-order valence-corrected chi connectivity index (χ4v) is 4.00. The van der Waals surface area contributed by atoms with Crippen molar-refractivity contribution >= 4 is 21.6 Å². The molecule has 0 heterocycles. The molecule has 0 saturated heterocycles. The summed E-state index contributed by atoms with van der Waals surface area (Å²) in [6.45, 7) is 6.52. The largest absolute Gasteiger partial charge is 0.497 e. The number of sulfonamides is 1. The van der Waals surface area contributed by atoms with Crippen molar-refractivity contribution in [1.29, 1.82) is 0 Å². The molecule has 7 nitrogen and oxygen atoms in total. The van der Waals surface area contributed by atoms with E-state index in [9.17, 15) is 13.2 Å².